The first-order valence-electron chi connectivity index (χ1n) is 18.1. The van der Waals surface area contributed by atoms with Gasteiger partial charge in [0.1, 0.15) is 0 Å². The maximum Gasteiger partial charge on any atom is 0.320 e. The minimum Gasteiger partial charge on any atom is -0.391 e. The molecule has 0 amide bonds. The molecule has 0 rings (SSSR count). The molecule has 0 N–H and O–H groups in total. The highest BCUT2D eigenvalue weighted by Crippen LogP contribution is 2.25. The van der Waals surface area contributed by atoms with Crippen molar-refractivity contribution in [2.24, 2.45) is 23.7 Å². The summed E-state index contributed by atoms with van der Waals surface area (Å²) in [5.41, 5.74) is 0. The van der Waals surface area contributed by atoms with E-state index in [1.807, 2.05) is 25.6 Å². The highest BCUT2D eigenvalue weighted by Gasteiger charge is 2.17. The van der Waals surface area contributed by atoms with Crippen LogP contribution in [-0.4, -0.2) is 35.0 Å². The summed E-state index contributed by atoms with van der Waals surface area (Å²) in [7, 11) is 0. The van der Waals surface area contributed by atoms with E-state index in [1.165, 1.54) is 114 Å². The molecular formula is C36H70O4S3. The lowest BCUT2D eigenvalue weighted by Crippen LogP contribution is -2.13. The number of carbonyl (C=O) groups is 2. The van der Waals surface area contributed by atoms with Crippen LogP contribution in [0.4, 0.5) is 0 Å². The van der Waals surface area contributed by atoms with Gasteiger partial charge in [-0.15, -0.1) is 0 Å². The molecule has 0 aliphatic rings. The molecule has 7 heteroatoms. The van der Waals surface area contributed by atoms with Crippen molar-refractivity contribution >= 4 is 47.8 Å². The Morgan fingerprint density at radius 1 is 0.465 bits per heavy atom. The molecule has 43 heavy (non-hydrogen) atoms. The number of unbranched alkanes of at least 4 members (excludes halogenated alkanes) is 4. The van der Waals surface area contributed by atoms with Crippen LogP contribution in [0.15, 0.2) is 0 Å². The van der Waals surface area contributed by atoms with E-state index < -0.39 is 0 Å². The summed E-state index contributed by atoms with van der Waals surface area (Å²) in [4.78, 5) is 24.7. The molecule has 4 nitrogen and oxygen atoms in total. The molecule has 0 aliphatic carbocycles. The quantitative estimate of drug-likeness (QED) is 0.0525. The Labute approximate surface area is 281 Å². The number of hydrogen-bond acceptors (Lipinski definition) is 7. The molecule has 0 fully saturated rings. The molecule has 0 saturated carbocycles. The second kappa shape index (κ2) is 32.0. The monoisotopic (exact) mass is 662 g/mol. The zero-order chi connectivity index (χ0) is 32.0. The van der Waals surface area contributed by atoms with Crippen LogP contribution < -0.4 is 0 Å². The molecule has 0 aromatic rings. The predicted octanol–water partition coefficient (Wildman–Crippen LogP) is 12.5. The number of hydrogen-bond donors (Lipinski definition) is 0. The van der Waals surface area contributed by atoms with Gasteiger partial charge in [0.2, 0.25) is 0 Å². The standard InChI is InChI=1S/C36H70O4S3/c1-7-11-21-33(22-12-8-2)25-17-29-42-39-35(37)31(5)19-15-27-41-28-16-20-32(6)36(38)40-43-30-18-26-34(23-13-9-3)24-14-10-4/h31-34H,7-30H2,1-6H3. The lowest BCUT2D eigenvalue weighted by atomic mass is 9.92. The van der Waals surface area contributed by atoms with Crippen molar-refractivity contribution in [3.05, 3.63) is 0 Å². The van der Waals surface area contributed by atoms with Crippen LogP contribution in [0.1, 0.15) is 170 Å². The zero-order valence-corrected chi connectivity index (χ0v) is 31.6. The normalized spacial score (nSPS) is 13.0. The molecule has 0 bridgehead atoms. The van der Waals surface area contributed by atoms with E-state index in [0.717, 1.165) is 73.4 Å². The van der Waals surface area contributed by atoms with E-state index in [4.69, 9.17) is 8.37 Å². The van der Waals surface area contributed by atoms with Gasteiger partial charge >= 0.3 is 11.9 Å². The maximum absolute atomic E-state index is 12.3. The summed E-state index contributed by atoms with van der Waals surface area (Å²) in [5, 5.41) is 0. The van der Waals surface area contributed by atoms with Crippen LogP contribution in [0.3, 0.4) is 0 Å². The molecule has 0 aromatic heterocycles. The summed E-state index contributed by atoms with van der Waals surface area (Å²) < 4.78 is 11.0. The summed E-state index contributed by atoms with van der Waals surface area (Å²) in [5.74, 6) is 5.38. The van der Waals surface area contributed by atoms with E-state index >= 15 is 0 Å². The second-order valence-electron chi connectivity index (χ2n) is 12.7. The van der Waals surface area contributed by atoms with E-state index in [2.05, 4.69) is 27.7 Å². The van der Waals surface area contributed by atoms with Crippen LogP contribution in [0.5, 0.6) is 0 Å². The molecule has 0 aromatic carbocycles. The predicted molar refractivity (Wildman–Crippen MR) is 195 cm³/mol. The minimum absolute atomic E-state index is 0.0409. The fraction of sp³-hybridized carbons (Fsp3) is 0.944. The first kappa shape index (κ1) is 43.0. The Kier molecular flexibility index (Phi) is 31.9. The van der Waals surface area contributed by atoms with E-state index in [1.54, 1.807) is 0 Å². The van der Waals surface area contributed by atoms with Crippen LogP contribution in [0.25, 0.3) is 0 Å². The minimum atomic E-state index is -0.0680. The number of carbonyl (C=O) groups excluding carboxylic acids is 2. The van der Waals surface area contributed by atoms with Crippen molar-refractivity contribution in [2.75, 3.05) is 23.0 Å². The smallest absolute Gasteiger partial charge is 0.320 e. The third-order valence-corrected chi connectivity index (χ3v) is 11.1. The molecule has 0 heterocycles. The molecule has 2 unspecified atom stereocenters. The zero-order valence-electron chi connectivity index (χ0n) is 29.1. The lowest BCUT2D eigenvalue weighted by Gasteiger charge is -2.16. The molecule has 256 valence electrons. The van der Waals surface area contributed by atoms with Gasteiger partial charge < -0.3 is 8.37 Å². The largest absolute Gasteiger partial charge is 0.391 e. The van der Waals surface area contributed by atoms with Gasteiger partial charge in [-0.1, -0.05) is 119 Å². The van der Waals surface area contributed by atoms with Crippen molar-refractivity contribution in [3.63, 3.8) is 0 Å². The Morgan fingerprint density at radius 2 is 0.767 bits per heavy atom. The molecule has 2 atom stereocenters. The second-order valence-corrected chi connectivity index (χ2v) is 15.6. The first-order chi connectivity index (χ1) is 20.9. The van der Waals surface area contributed by atoms with Crippen molar-refractivity contribution < 1.29 is 18.0 Å². The van der Waals surface area contributed by atoms with Gasteiger partial charge in [0.15, 0.2) is 0 Å². The summed E-state index contributed by atoms with van der Waals surface area (Å²) in [6.07, 6.45) is 24.4. The number of thioether (sulfide) groups is 1. The van der Waals surface area contributed by atoms with Gasteiger partial charge in [0, 0.05) is 11.5 Å². The highest BCUT2D eigenvalue weighted by molar-refractivity contribution is 7.99. The van der Waals surface area contributed by atoms with Crippen molar-refractivity contribution in [1.82, 2.24) is 0 Å². The third-order valence-electron chi connectivity index (χ3n) is 8.48. The van der Waals surface area contributed by atoms with E-state index in [9.17, 15) is 9.59 Å². The fourth-order valence-corrected chi connectivity index (χ4v) is 7.63. The topological polar surface area (TPSA) is 52.6 Å². The molecule has 0 aliphatic heterocycles. The van der Waals surface area contributed by atoms with Crippen molar-refractivity contribution in [2.45, 2.75) is 170 Å². The van der Waals surface area contributed by atoms with Crippen molar-refractivity contribution in [3.8, 4) is 0 Å². The SMILES string of the molecule is CCCCC(CCCC)CCCSOC(=O)C(C)CCCSCCCC(C)C(=O)OSCCCC(CCCC)CCCC. The van der Waals surface area contributed by atoms with Gasteiger partial charge in [0.05, 0.1) is 35.9 Å². The van der Waals surface area contributed by atoms with Crippen LogP contribution in [0, 0.1) is 23.7 Å². The summed E-state index contributed by atoms with van der Waals surface area (Å²) in [6, 6.07) is 0. The van der Waals surface area contributed by atoms with Crippen LogP contribution in [-0.2, 0) is 18.0 Å². The first-order valence-corrected chi connectivity index (χ1v) is 21.1. The average molecular weight is 663 g/mol. The van der Waals surface area contributed by atoms with Gasteiger partial charge in [0.25, 0.3) is 0 Å². The molecule has 0 saturated heterocycles. The van der Waals surface area contributed by atoms with Crippen LogP contribution in [0.2, 0.25) is 0 Å². The molecule has 0 spiro atoms. The lowest BCUT2D eigenvalue weighted by molar-refractivity contribution is -0.138. The summed E-state index contributed by atoms with van der Waals surface area (Å²) in [6.45, 7) is 13.1. The Hall–Kier alpha value is -0.0100. The van der Waals surface area contributed by atoms with Gasteiger partial charge in [-0.3, -0.25) is 9.59 Å². The van der Waals surface area contributed by atoms with Crippen LogP contribution >= 0.6 is 35.8 Å². The Morgan fingerprint density at radius 3 is 1.09 bits per heavy atom. The average Bonchev–Trinajstić information content (AvgIpc) is 3.01. The third kappa shape index (κ3) is 26.9. The Bertz CT molecular complexity index is 566. The van der Waals surface area contributed by atoms with E-state index in [-0.39, 0.29) is 23.8 Å². The Balaban J connectivity index is 3.80. The maximum atomic E-state index is 12.3. The van der Waals surface area contributed by atoms with Gasteiger partial charge in [-0.25, -0.2) is 0 Å². The number of rotatable bonds is 32. The van der Waals surface area contributed by atoms with Gasteiger partial charge in [-0.2, -0.15) is 11.8 Å². The molecular weight excluding hydrogens is 593 g/mol. The van der Waals surface area contributed by atoms with Gasteiger partial charge in [-0.05, 0) is 74.7 Å². The van der Waals surface area contributed by atoms with Crippen molar-refractivity contribution in [1.29, 1.82) is 0 Å². The van der Waals surface area contributed by atoms with E-state index in [0.29, 0.717) is 0 Å². The molecule has 0 radical (unpaired) electrons. The summed E-state index contributed by atoms with van der Waals surface area (Å²) >= 11 is 4.63. The highest BCUT2D eigenvalue weighted by atomic mass is 32.2. The fourth-order valence-electron chi connectivity index (χ4n) is 5.38.